The highest BCUT2D eigenvalue weighted by atomic mass is 16.2. The lowest BCUT2D eigenvalue weighted by molar-refractivity contribution is -0.115. The third-order valence-corrected chi connectivity index (χ3v) is 4.39. The maximum atomic E-state index is 11.9. The molecule has 20 heavy (non-hydrogen) atoms. The third-order valence-electron chi connectivity index (χ3n) is 4.39. The summed E-state index contributed by atoms with van der Waals surface area (Å²) in [6.45, 7) is 0.464. The van der Waals surface area contributed by atoms with Crippen molar-refractivity contribution < 1.29 is 4.79 Å². The summed E-state index contributed by atoms with van der Waals surface area (Å²) in [6, 6.07) is 8.65. The zero-order valence-electron chi connectivity index (χ0n) is 11.3. The van der Waals surface area contributed by atoms with Gasteiger partial charge in [-0.3, -0.25) is 9.78 Å². The number of carbonyl (C=O) groups excluding carboxylic acids is 1. The number of amides is 1. The van der Waals surface area contributed by atoms with Gasteiger partial charge < -0.3 is 10.2 Å². The number of aromatic nitrogens is 1. The van der Waals surface area contributed by atoms with Gasteiger partial charge in [-0.15, -0.1) is 0 Å². The van der Waals surface area contributed by atoms with Gasteiger partial charge in [-0.05, 0) is 18.9 Å². The fraction of sp³-hybridized carbons (Fsp3) is 0.375. The fourth-order valence-electron chi connectivity index (χ4n) is 3.48. The molecule has 0 spiro atoms. The molecule has 1 N–H and O–H groups in total. The Bertz CT molecular complexity index is 676. The molecule has 0 saturated heterocycles. The molecule has 2 aromatic rings. The quantitative estimate of drug-likeness (QED) is 0.864. The number of pyridine rings is 1. The molecule has 2 aliphatic rings. The first-order valence-electron chi connectivity index (χ1n) is 7.27. The summed E-state index contributed by atoms with van der Waals surface area (Å²) in [6.07, 6.45) is 6.69. The predicted molar refractivity (Wildman–Crippen MR) is 80.0 cm³/mol. The molecule has 1 fully saturated rings. The zero-order valence-corrected chi connectivity index (χ0v) is 11.3. The molecule has 4 nitrogen and oxygen atoms in total. The molecule has 0 atom stereocenters. The minimum Gasteiger partial charge on any atom is -0.357 e. The molecule has 1 aromatic heterocycles. The van der Waals surface area contributed by atoms with Crippen molar-refractivity contribution in [2.45, 2.75) is 31.7 Å². The van der Waals surface area contributed by atoms with E-state index in [4.69, 9.17) is 0 Å². The van der Waals surface area contributed by atoms with Gasteiger partial charge >= 0.3 is 0 Å². The summed E-state index contributed by atoms with van der Waals surface area (Å²) >= 11 is 0. The number of para-hydroxylation sites is 1. The van der Waals surface area contributed by atoms with E-state index in [2.05, 4.69) is 21.3 Å². The van der Waals surface area contributed by atoms with Gasteiger partial charge in [0.25, 0.3) is 0 Å². The Kier molecular flexibility index (Phi) is 2.62. The van der Waals surface area contributed by atoms with Crippen molar-refractivity contribution in [3.8, 4) is 0 Å². The van der Waals surface area contributed by atoms with Crippen molar-refractivity contribution in [1.82, 2.24) is 4.98 Å². The second-order valence-corrected chi connectivity index (χ2v) is 5.65. The third kappa shape index (κ3) is 1.75. The van der Waals surface area contributed by atoms with Crippen LogP contribution in [0, 0.1) is 0 Å². The molecule has 4 heteroatoms. The van der Waals surface area contributed by atoms with Gasteiger partial charge in [0.15, 0.2) is 0 Å². The highest BCUT2D eigenvalue weighted by molar-refractivity contribution is 6.08. The van der Waals surface area contributed by atoms with Gasteiger partial charge in [-0.2, -0.15) is 0 Å². The molecule has 0 bridgehead atoms. The van der Waals surface area contributed by atoms with Gasteiger partial charge in [0.1, 0.15) is 0 Å². The first kappa shape index (κ1) is 11.7. The molecule has 0 unspecified atom stereocenters. The maximum Gasteiger partial charge on any atom is 0.244 e. The van der Waals surface area contributed by atoms with Crippen LogP contribution in [0.1, 0.15) is 25.7 Å². The molecule has 102 valence electrons. The average Bonchev–Trinajstić information content (AvgIpc) is 3.00. The number of benzene rings is 1. The predicted octanol–water partition coefficient (Wildman–Crippen LogP) is 2.94. The maximum absolute atomic E-state index is 11.9. The van der Waals surface area contributed by atoms with E-state index < -0.39 is 0 Å². The van der Waals surface area contributed by atoms with E-state index in [1.54, 1.807) is 6.20 Å². The van der Waals surface area contributed by atoms with E-state index in [0.29, 0.717) is 12.6 Å². The Morgan fingerprint density at radius 3 is 2.85 bits per heavy atom. The SMILES string of the molecule is O=C1CN(C2CCCC2)c2c(cnc3ccccc23)N1. The van der Waals surface area contributed by atoms with Gasteiger partial charge in [0, 0.05) is 11.4 Å². The van der Waals surface area contributed by atoms with Gasteiger partial charge in [0.05, 0.1) is 29.6 Å². The summed E-state index contributed by atoms with van der Waals surface area (Å²) in [5, 5.41) is 4.10. The minimum absolute atomic E-state index is 0.0708. The Hall–Kier alpha value is -2.10. The van der Waals surface area contributed by atoms with Gasteiger partial charge in [0.2, 0.25) is 5.91 Å². The summed E-state index contributed by atoms with van der Waals surface area (Å²) in [5.41, 5.74) is 3.00. The van der Waals surface area contributed by atoms with E-state index in [0.717, 1.165) is 22.3 Å². The van der Waals surface area contributed by atoms with Crippen molar-refractivity contribution in [3.05, 3.63) is 30.5 Å². The molecule has 1 amide bonds. The lowest BCUT2D eigenvalue weighted by Gasteiger charge is -2.36. The van der Waals surface area contributed by atoms with E-state index in [1.165, 1.54) is 25.7 Å². The standard InChI is InChI=1S/C16H17N3O/c20-15-10-19(11-5-1-2-6-11)16-12-7-3-4-8-13(12)17-9-14(16)18-15/h3-4,7-9,11H,1-2,5-6,10H2,(H,18,20). The van der Waals surface area contributed by atoms with Crippen LogP contribution in [0.25, 0.3) is 10.9 Å². The van der Waals surface area contributed by atoms with Crippen LogP contribution in [-0.2, 0) is 4.79 Å². The molecule has 4 rings (SSSR count). The van der Waals surface area contributed by atoms with Crippen LogP contribution in [0.3, 0.4) is 0 Å². The number of rotatable bonds is 1. The number of carbonyl (C=O) groups is 1. The zero-order chi connectivity index (χ0) is 13.5. The smallest absolute Gasteiger partial charge is 0.244 e. The van der Waals surface area contributed by atoms with Crippen molar-refractivity contribution >= 4 is 28.2 Å². The first-order valence-corrected chi connectivity index (χ1v) is 7.27. The van der Waals surface area contributed by atoms with Crippen LogP contribution in [0.15, 0.2) is 30.5 Å². The highest BCUT2D eigenvalue weighted by Crippen LogP contribution is 2.39. The lowest BCUT2D eigenvalue weighted by Crippen LogP contribution is -2.43. The minimum atomic E-state index is 0.0708. The van der Waals surface area contributed by atoms with Crippen LogP contribution in [-0.4, -0.2) is 23.5 Å². The van der Waals surface area contributed by atoms with Crippen LogP contribution in [0.4, 0.5) is 11.4 Å². The van der Waals surface area contributed by atoms with Crippen molar-refractivity contribution in [3.63, 3.8) is 0 Å². The van der Waals surface area contributed by atoms with Crippen LogP contribution in [0.5, 0.6) is 0 Å². The molecule has 1 aromatic carbocycles. The summed E-state index contributed by atoms with van der Waals surface area (Å²) in [5.74, 6) is 0.0708. The van der Waals surface area contributed by atoms with Crippen molar-refractivity contribution in [1.29, 1.82) is 0 Å². The number of nitrogens with zero attached hydrogens (tertiary/aromatic N) is 2. The van der Waals surface area contributed by atoms with E-state index in [9.17, 15) is 4.79 Å². The molecule has 2 heterocycles. The summed E-state index contributed by atoms with van der Waals surface area (Å²) in [4.78, 5) is 18.7. The van der Waals surface area contributed by atoms with E-state index in [-0.39, 0.29) is 5.91 Å². The number of nitrogens with one attached hydrogen (secondary N) is 1. The Labute approximate surface area is 117 Å². The summed E-state index contributed by atoms with van der Waals surface area (Å²) in [7, 11) is 0. The Morgan fingerprint density at radius 1 is 1.20 bits per heavy atom. The second-order valence-electron chi connectivity index (χ2n) is 5.65. The highest BCUT2D eigenvalue weighted by Gasteiger charge is 2.31. The number of fused-ring (bicyclic) bond motifs is 3. The van der Waals surface area contributed by atoms with Gasteiger partial charge in [-0.1, -0.05) is 31.0 Å². The van der Waals surface area contributed by atoms with E-state index in [1.807, 2.05) is 18.2 Å². The molecule has 0 radical (unpaired) electrons. The first-order chi connectivity index (χ1) is 9.83. The number of hydrogen-bond donors (Lipinski definition) is 1. The molecular weight excluding hydrogens is 250 g/mol. The topological polar surface area (TPSA) is 45.2 Å². The molecular formula is C16H17N3O. The van der Waals surface area contributed by atoms with E-state index >= 15 is 0 Å². The van der Waals surface area contributed by atoms with Crippen LogP contribution >= 0.6 is 0 Å². The van der Waals surface area contributed by atoms with Crippen LogP contribution < -0.4 is 10.2 Å². The largest absolute Gasteiger partial charge is 0.357 e. The van der Waals surface area contributed by atoms with Gasteiger partial charge in [-0.25, -0.2) is 0 Å². The molecule has 1 saturated carbocycles. The fourth-order valence-corrected chi connectivity index (χ4v) is 3.48. The Balaban J connectivity index is 1.91. The summed E-state index contributed by atoms with van der Waals surface area (Å²) < 4.78 is 0. The van der Waals surface area contributed by atoms with Crippen molar-refractivity contribution in [2.75, 3.05) is 16.8 Å². The lowest BCUT2D eigenvalue weighted by atomic mass is 10.1. The molecule has 1 aliphatic heterocycles. The molecule has 1 aliphatic carbocycles. The second kappa shape index (κ2) is 4.47. The van der Waals surface area contributed by atoms with Crippen molar-refractivity contribution in [2.24, 2.45) is 0 Å². The monoisotopic (exact) mass is 267 g/mol. The Morgan fingerprint density at radius 2 is 2.00 bits per heavy atom. The van der Waals surface area contributed by atoms with Crippen LogP contribution in [0.2, 0.25) is 0 Å². The number of anilines is 2. The normalized spacial score (nSPS) is 19.2. The average molecular weight is 267 g/mol. The number of hydrogen-bond acceptors (Lipinski definition) is 3.